The highest BCUT2D eigenvalue weighted by Gasteiger charge is 2.11. The van der Waals surface area contributed by atoms with Gasteiger partial charge >= 0.3 is 0 Å². The molecule has 0 aliphatic rings. The van der Waals surface area contributed by atoms with E-state index in [1.807, 2.05) is 55.5 Å². The Kier molecular flexibility index (Phi) is 6.12. The van der Waals surface area contributed by atoms with Gasteiger partial charge in [0.1, 0.15) is 11.6 Å². The van der Waals surface area contributed by atoms with E-state index in [1.54, 1.807) is 0 Å². The smallest absolute Gasteiger partial charge is 0.220 e. The number of benzene rings is 2. The summed E-state index contributed by atoms with van der Waals surface area (Å²) < 4.78 is 7.91. The number of imidazole rings is 1. The number of nitrogens with zero attached hydrogens (tertiary/aromatic N) is 2. The Balaban J connectivity index is 1.67. The van der Waals surface area contributed by atoms with E-state index in [4.69, 9.17) is 16.3 Å². The molecule has 0 atom stereocenters. The zero-order valence-electron chi connectivity index (χ0n) is 14.7. The van der Waals surface area contributed by atoms with Crippen molar-refractivity contribution in [3.63, 3.8) is 0 Å². The minimum absolute atomic E-state index is 0.0191. The van der Waals surface area contributed by atoms with Crippen molar-refractivity contribution in [1.29, 1.82) is 0 Å². The molecule has 2 aromatic carbocycles. The topological polar surface area (TPSA) is 56.2 Å². The van der Waals surface area contributed by atoms with Gasteiger partial charge in [-0.15, -0.1) is 0 Å². The van der Waals surface area contributed by atoms with Crippen LogP contribution in [0.25, 0.3) is 11.0 Å². The lowest BCUT2D eigenvalue weighted by molar-refractivity contribution is -0.120. The fourth-order valence-electron chi connectivity index (χ4n) is 2.78. The van der Waals surface area contributed by atoms with Crippen molar-refractivity contribution in [3.05, 3.63) is 59.4 Å². The molecule has 26 heavy (non-hydrogen) atoms. The van der Waals surface area contributed by atoms with Gasteiger partial charge in [0.25, 0.3) is 0 Å². The molecule has 3 aromatic rings. The molecular formula is C20H22ClN3O2. The number of aryl methyl sites for hydroxylation is 1. The van der Waals surface area contributed by atoms with Crippen molar-refractivity contribution >= 4 is 28.5 Å². The molecule has 6 heteroatoms. The van der Waals surface area contributed by atoms with E-state index >= 15 is 0 Å². The maximum Gasteiger partial charge on any atom is 0.220 e. The number of hydrogen-bond donors (Lipinski definition) is 1. The Bertz CT molecular complexity index is 892. The van der Waals surface area contributed by atoms with Crippen molar-refractivity contribution in [1.82, 2.24) is 14.9 Å². The van der Waals surface area contributed by atoms with E-state index in [0.717, 1.165) is 29.8 Å². The van der Waals surface area contributed by atoms with Gasteiger partial charge in [0.15, 0.2) is 0 Å². The van der Waals surface area contributed by atoms with Crippen LogP contribution in [0.3, 0.4) is 0 Å². The number of carbonyl (C=O) groups is 1. The summed E-state index contributed by atoms with van der Waals surface area (Å²) in [5, 5.41) is 3.52. The lowest BCUT2D eigenvalue weighted by Gasteiger charge is -2.11. The van der Waals surface area contributed by atoms with Crippen LogP contribution in [0, 0.1) is 0 Å². The summed E-state index contributed by atoms with van der Waals surface area (Å²) in [5.41, 5.74) is 1.99. The standard InChI is InChI=1S/C20H22ClN3O2/c1-2-20(25)22-14-19-23-16-9-4-5-10-17(16)24(19)12-7-13-26-18-11-6-3-8-15(18)21/h3-6,8-11H,2,7,12-14H2,1H3,(H,22,25). The van der Waals surface area contributed by atoms with Crippen LogP contribution in [0.2, 0.25) is 5.02 Å². The monoisotopic (exact) mass is 371 g/mol. The summed E-state index contributed by atoms with van der Waals surface area (Å²) in [6, 6.07) is 15.4. The van der Waals surface area contributed by atoms with Gasteiger partial charge in [0.2, 0.25) is 5.91 Å². The number of hydrogen-bond acceptors (Lipinski definition) is 3. The van der Waals surface area contributed by atoms with Crippen LogP contribution in [0.15, 0.2) is 48.5 Å². The lowest BCUT2D eigenvalue weighted by Crippen LogP contribution is -2.23. The molecule has 0 saturated heterocycles. The van der Waals surface area contributed by atoms with Crippen LogP contribution >= 0.6 is 11.6 Å². The van der Waals surface area contributed by atoms with Crippen LogP contribution in [-0.4, -0.2) is 22.1 Å². The molecule has 0 saturated carbocycles. The average molecular weight is 372 g/mol. The van der Waals surface area contributed by atoms with Gasteiger partial charge in [-0.1, -0.05) is 42.8 Å². The van der Waals surface area contributed by atoms with E-state index in [1.165, 1.54) is 0 Å². The van der Waals surface area contributed by atoms with Crippen LogP contribution in [0.4, 0.5) is 0 Å². The van der Waals surface area contributed by atoms with E-state index < -0.39 is 0 Å². The summed E-state index contributed by atoms with van der Waals surface area (Å²) in [4.78, 5) is 16.2. The largest absolute Gasteiger partial charge is 0.492 e. The summed E-state index contributed by atoms with van der Waals surface area (Å²) in [5.74, 6) is 1.57. The molecule has 0 aliphatic heterocycles. The third kappa shape index (κ3) is 4.35. The Labute approximate surface area is 157 Å². The number of nitrogens with one attached hydrogen (secondary N) is 1. The fraction of sp³-hybridized carbons (Fsp3) is 0.300. The number of fused-ring (bicyclic) bond motifs is 1. The van der Waals surface area contributed by atoms with Gasteiger partial charge in [0.05, 0.1) is 29.2 Å². The first-order valence-corrected chi connectivity index (χ1v) is 9.15. The predicted octanol–water partition coefficient (Wildman–Crippen LogP) is 4.19. The maximum atomic E-state index is 11.6. The Morgan fingerprint density at radius 2 is 1.96 bits per heavy atom. The zero-order chi connectivity index (χ0) is 18.4. The molecule has 0 unspecified atom stereocenters. The summed E-state index contributed by atoms with van der Waals surface area (Å²) in [6.07, 6.45) is 1.27. The Morgan fingerprint density at radius 3 is 2.77 bits per heavy atom. The third-order valence-electron chi connectivity index (χ3n) is 4.12. The second-order valence-electron chi connectivity index (χ2n) is 5.93. The first-order valence-electron chi connectivity index (χ1n) is 8.77. The molecule has 0 bridgehead atoms. The van der Waals surface area contributed by atoms with Gasteiger partial charge in [0, 0.05) is 13.0 Å². The number of ether oxygens (including phenoxy) is 1. The van der Waals surface area contributed by atoms with Gasteiger partial charge in [-0.05, 0) is 30.7 Å². The number of halogens is 1. The van der Waals surface area contributed by atoms with Gasteiger partial charge in [-0.25, -0.2) is 4.98 Å². The van der Waals surface area contributed by atoms with Gasteiger partial charge in [-0.3, -0.25) is 4.79 Å². The summed E-state index contributed by atoms with van der Waals surface area (Å²) in [6.45, 7) is 3.57. The van der Waals surface area contributed by atoms with Gasteiger partial charge in [-0.2, -0.15) is 0 Å². The normalized spacial score (nSPS) is 10.8. The highest BCUT2D eigenvalue weighted by atomic mass is 35.5. The number of aromatic nitrogens is 2. The zero-order valence-corrected chi connectivity index (χ0v) is 15.5. The summed E-state index contributed by atoms with van der Waals surface area (Å²) in [7, 11) is 0. The minimum Gasteiger partial charge on any atom is -0.492 e. The molecule has 5 nitrogen and oxygen atoms in total. The molecule has 0 aliphatic carbocycles. The second kappa shape index (κ2) is 8.72. The van der Waals surface area contributed by atoms with Crippen molar-refractivity contribution < 1.29 is 9.53 Å². The number of carbonyl (C=O) groups excluding carboxylic acids is 1. The predicted molar refractivity (Wildman–Crippen MR) is 103 cm³/mol. The first-order chi connectivity index (χ1) is 12.7. The Hall–Kier alpha value is -2.53. The van der Waals surface area contributed by atoms with Gasteiger partial charge < -0.3 is 14.6 Å². The SMILES string of the molecule is CCC(=O)NCc1nc2ccccc2n1CCCOc1ccccc1Cl. The van der Waals surface area contributed by atoms with Crippen LogP contribution < -0.4 is 10.1 Å². The number of rotatable bonds is 8. The molecule has 1 heterocycles. The highest BCUT2D eigenvalue weighted by Crippen LogP contribution is 2.23. The molecule has 3 rings (SSSR count). The fourth-order valence-corrected chi connectivity index (χ4v) is 2.97. The van der Waals surface area contributed by atoms with Crippen molar-refractivity contribution in [2.24, 2.45) is 0 Å². The molecular weight excluding hydrogens is 350 g/mol. The van der Waals surface area contributed by atoms with E-state index in [2.05, 4.69) is 14.9 Å². The van der Waals surface area contributed by atoms with E-state index in [0.29, 0.717) is 30.3 Å². The second-order valence-corrected chi connectivity index (χ2v) is 6.34. The quantitative estimate of drug-likeness (QED) is 0.604. The number of para-hydroxylation sites is 3. The lowest BCUT2D eigenvalue weighted by atomic mass is 10.3. The molecule has 0 spiro atoms. The van der Waals surface area contributed by atoms with E-state index in [9.17, 15) is 4.79 Å². The average Bonchev–Trinajstić information content (AvgIpc) is 3.02. The molecule has 1 aromatic heterocycles. The Morgan fingerprint density at radius 1 is 1.19 bits per heavy atom. The maximum absolute atomic E-state index is 11.6. The van der Waals surface area contributed by atoms with Crippen LogP contribution in [0.1, 0.15) is 25.6 Å². The highest BCUT2D eigenvalue weighted by molar-refractivity contribution is 6.32. The third-order valence-corrected chi connectivity index (χ3v) is 4.43. The van der Waals surface area contributed by atoms with E-state index in [-0.39, 0.29) is 5.91 Å². The first kappa shape index (κ1) is 18.3. The van der Waals surface area contributed by atoms with Crippen molar-refractivity contribution in [3.8, 4) is 5.75 Å². The molecule has 0 radical (unpaired) electrons. The minimum atomic E-state index is 0.0191. The van der Waals surface area contributed by atoms with Crippen molar-refractivity contribution in [2.45, 2.75) is 32.9 Å². The molecule has 1 amide bonds. The van der Waals surface area contributed by atoms with Crippen LogP contribution in [-0.2, 0) is 17.9 Å². The molecule has 1 N–H and O–H groups in total. The summed E-state index contributed by atoms with van der Waals surface area (Å²) >= 11 is 6.11. The number of amides is 1. The molecule has 0 fully saturated rings. The van der Waals surface area contributed by atoms with Crippen LogP contribution in [0.5, 0.6) is 5.75 Å². The molecule has 136 valence electrons. The van der Waals surface area contributed by atoms with Crippen molar-refractivity contribution in [2.75, 3.05) is 6.61 Å².